The van der Waals surface area contributed by atoms with E-state index in [1.807, 2.05) is 0 Å². The van der Waals surface area contributed by atoms with Gasteiger partial charge >= 0.3 is 0 Å². The Hall–Kier alpha value is -0.330. The van der Waals surface area contributed by atoms with Gasteiger partial charge in [0.1, 0.15) is 6.29 Å². The first-order valence-corrected chi connectivity index (χ1v) is 1.48. The Balaban J connectivity index is 2.83. The summed E-state index contributed by atoms with van der Waals surface area (Å²) in [6.45, 7) is 6.56. The first kappa shape index (κ1) is 4.67. The Kier molecular flexibility index (Phi) is 1.81. The third-order valence-electron chi connectivity index (χ3n) is 0.215. The Morgan fingerprint density at radius 1 is 2.00 bits per heavy atom. The topological polar surface area (TPSA) is 17.1 Å². The monoisotopic (exact) mass is 70.0 g/mol. The Morgan fingerprint density at radius 3 is 2.20 bits per heavy atom. The number of aldehydes is 1. The van der Waals surface area contributed by atoms with Crippen LogP contribution in [-0.2, 0) is 4.79 Å². The summed E-state index contributed by atoms with van der Waals surface area (Å²) in [5, 5.41) is 0. The zero-order valence-electron chi connectivity index (χ0n) is 3.14. The van der Waals surface area contributed by atoms with Crippen LogP contribution < -0.4 is 0 Å². The molecule has 0 amide bonds. The van der Waals surface area contributed by atoms with Crippen molar-refractivity contribution in [1.82, 2.24) is 0 Å². The molecular formula is C4H6O. The molecule has 0 aliphatic heterocycles. The van der Waals surface area contributed by atoms with Crippen molar-refractivity contribution in [3.8, 4) is 0 Å². The molecule has 0 heterocycles. The Labute approximate surface area is 32.0 Å². The van der Waals surface area contributed by atoms with E-state index < -0.39 is 0 Å². The maximum atomic E-state index is 9.38. The quantitative estimate of drug-likeness (QED) is 0.411. The number of rotatable bonds is 1. The summed E-state index contributed by atoms with van der Waals surface area (Å²) in [6.07, 6.45) is 0.694. The van der Waals surface area contributed by atoms with Crippen LogP contribution in [-0.4, -0.2) is 6.29 Å². The summed E-state index contributed by atoms with van der Waals surface area (Å²) >= 11 is 0. The van der Waals surface area contributed by atoms with E-state index in [9.17, 15) is 4.79 Å². The summed E-state index contributed by atoms with van der Waals surface area (Å²) in [7, 11) is 0. The highest BCUT2D eigenvalue weighted by Crippen LogP contribution is 1.77. The normalized spacial score (nSPS) is 8.60. The summed E-state index contributed by atoms with van der Waals surface area (Å²) in [5.41, 5.74) is 0. The third-order valence-corrected chi connectivity index (χ3v) is 0.215. The zero-order chi connectivity index (χ0) is 4.28. The van der Waals surface area contributed by atoms with Gasteiger partial charge in [-0.2, -0.15) is 0 Å². The predicted molar refractivity (Wildman–Crippen MR) is 19.5 cm³/mol. The van der Waals surface area contributed by atoms with Crippen LogP contribution in [0.4, 0.5) is 0 Å². The number of hydrogen-bond acceptors (Lipinski definition) is 1. The Bertz CT molecular complexity index is 30.6. The molecule has 0 saturated heterocycles. The van der Waals surface area contributed by atoms with E-state index in [-0.39, 0.29) is 5.92 Å². The maximum Gasteiger partial charge on any atom is 0.123 e. The molecule has 0 spiro atoms. The summed E-state index contributed by atoms with van der Waals surface area (Å²) < 4.78 is 0. The fourth-order valence-corrected chi connectivity index (χ4v) is 0. The fraction of sp³-hybridized carbons (Fsp3) is 0.500. The fourth-order valence-electron chi connectivity index (χ4n) is 0. The molecule has 5 heavy (non-hydrogen) atoms. The lowest BCUT2D eigenvalue weighted by molar-refractivity contribution is -0.109. The van der Waals surface area contributed by atoms with E-state index in [0.29, 0.717) is 6.29 Å². The molecule has 0 N–H and O–H groups in total. The second-order valence-corrected chi connectivity index (χ2v) is 0.995. The van der Waals surface area contributed by atoms with Crippen molar-refractivity contribution < 1.29 is 4.79 Å². The van der Waals surface area contributed by atoms with E-state index in [1.165, 1.54) is 0 Å². The number of carbonyl (C=O) groups excluding carboxylic acids is 1. The molecule has 1 heteroatoms. The standard InChI is InChI=1S/C4H6O/c1-4(2)3-5/h1,3-4H,2H3. The molecule has 0 aliphatic rings. The maximum absolute atomic E-state index is 9.38. The van der Waals surface area contributed by atoms with E-state index in [1.54, 1.807) is 6.92 Å². The minimum Gasteiger partial charge on any atom is -0.303 e. The highest BCUT2D eigenvalue weighted by Gasteiger charge is 1.80. The molecule has 1 unspecified atom stereocenters. The first-order chi connectivity index (χ1) is 2.27. The van der Waals surface area contributed by atoms with Crippen LogP contribution in [0.5, 0.6) is 0 Å². The summed E-state index contributed by atoms with van der Waals surface area (Å²) in [6, 6.07) is 0. The smallest absolute Gasteiger partial charge is 0.123 e. The lowest BCUT2D eigenvalue weighted by Crippen LogP contribution is -1.83. The first-order valence-electron chi connectivity index (χ1n) is 1.48. The molecular weight excluding hydrogens is 64.0 g/mol. The molecule has 2 radical (unpaired) electrons. The van der Waals surface area contributed by atoms with Crippen LogP contribution in [0.1, 0.15) is 6.92 Å². The molecule has 28 valence electrons. The average molecular weight is 70.1 g/mol. The van der Waals surface area contributed by atoms with Gasteiger partial charge in [-0.05, 0) is 6.92 Å². The molecule has 1 nitrogen and oxygen atoms in total. The Morgan fingerprint density at radius 2 is 2.20 bits per heavy atom. The van der Waals surface area contributed by atoms with E-state index in [0.717, 1.165) is 0 Å². The lowest BCUT2D eigenvalue weighted by atomic mass is 10.3. The van der Waals surface area contributed by atoms with Gasteiger partial charge in [-0.1, -0.05) is 6.92 Å². The minimum atomic E-state index is -0.296. The van der Waals surface area contributed by atoms with Crippen LogP contribution in [0.2, 0.25) is 0 Å². The van der Waals surface area contributed by atoms with Gasteiger partial charge in [-0.3, -0.25) is 0 Å². The van der Waals surface area contributed by atoms with Gasteiger partial charge < -0.3 is 4.79 Å². The van der Waals surface area contributed by atoms with Gasteiger partial charge in [-0.15, -0.1) is 0 Å². The van der Waals surface area contributed by atoms with Crippen LogP contribution in [0.15, 0.2) is 0 Å². The van der Waals surface area contributed by atoms with Crippen molar-refractivity contribution in [2.24, 2.45) is 5.92 Å². The van der Waals surface area contributed by atoms with Gasteiger partial charge in [0.15, 0.2) is 0 Å². The SMILES string of the molecule is [CH]C(C)C=O. The van der Waals surface area contributed by atoms with Crippen molar-refractivity contribution in [2.45, 2.75) is 6.92 Å². The molecule has 0 aromatic heterocycles. The zero-order valence-corrected chi connectivity index (χ0v) is 3.14. The molecule has 0 aromatic carbocycles. The second-order valence-electron chi connectivity index (χ2n) is 0.995. The van der Waals surface area contributed by atoms with Gasteiger partial charge in [0.05, 0.1) is 0 Å². The highest BCUT2D eigenvalue weighted by molar-refractivity contribution is 5.53. The van der Waals surface area contributed by atoms with Crippen molar-refractivity contribution in [2.75, 3.05) is 0 Å². The lowest BCUT2D eigenvalue weighted by Gasteiger charge is -1.78. The molecule has 1 atom stereocenters. The minimum absolute atomic E-state index is 0.296. The summed E-state index contributed by atoms with van der Waals surface area (Å²) in [5.74, 6) is -0.296. The summed E-state index contributed by atoms with van der Waals surface area (Å²) in [4.78, 5) is 9.38. The molecule has 0 fully saturated rings. The van der Waals surface area contributed by atoms with Gasteiger partial charge in [-0.25, -0.2) is 0 Å². The van der Waals surface area contributed by atoms with Crippen molar-refractivity contribution in [3.63, 3.8) is 0 Å². The van der Waals surface area contributed by atoms with Crippen LogP contribution >= 0.6 is 0 Å². The average Bonchev–Trinajstić information content (AvgIpc) is 1.38. The van der Waals surface area contributed by atoms with Crippen molar-refractivity contribution >= 4 is 6.29 Å². The number of carbonyl (C=O) groups is 1. The van der Waals surface area contributed by atoms with E-state index >= 15 is 0 Å². The van der Waals surface area contributed by atoms with Crippen LogP contribution in [0.3, 0.4) is 0 Å². The van der Waals surface area contributed by atoms with Gasteiger partial charge in [0.25, 0.3) is 0 Å². The van der Waals surface area contributed by atoms with E-state index in [2.05, 4.69) is 0 Å². The van der Waals surface area contributed by atoms with E-state index in [4.69, 9.17) is 6.92 Å². The van der Waals surface area contributed by atoms with Crippen molar-refractivity contribution in [3.05, 3.63) is 6.92 Å². The second kappa shape index (κ2) is 1.94. The molecule has 0 saturated carbocycles. The van der Waals surface area contributed by atoms with Crippen LogP contribution in [0, 0.1) is 12.8 Å². The molecule has 0 bridgehead atoms. The largest absolute Gasteiger partial charge is 0.303 e. The molecule has 0 aliphatic carbocycles. The van der Waals surface area contributed by atoms with Crippen molar-refractivity contribution in [1.29, 1.82) is 0 Å². The van der Waals surface area contributed by atoms with Crippen LogP contribution in [0.25, 0.3) is 0 Å². The highest BCUT2D eigenvalue weighted by atomic mass is 16.1. The van der Waals surface area contributed by atoms with Gasteiger partial charge in [0, 0.05) is 5.92 Å². The number of hydrogen-bond donors (Lipinski definition) is 0. The predicted octanol–water partition coefficient (Wildman–Crippen LogP) is 0.532. The molecule has 0 rings (SSSR count). The molecule has 0 aromatic rings. The van der Waals surface area contributed by atoms with Gasteiger partial charge in [0.2, 0.25) is 0 Å². The third kappa shape index (κ3) is 3.67.